The summed E-state index contributed by atoms with van der Waals surface area (Å²) in [5.74, 6) is 0.605. The van der Waals surface area contributed by atoms with E-state index in [1.807, 2.05) is 0 Å². The van der Waals surface area contributed by atoms with Crippen molar-refractivity contribution in [3.63, 3.8) is 0 Å². The van der Waals surface area contributed by atoms with Crippen LogP contribution in [0.25, 0.3) is 0 Å². The summed E-state index contributed by atoms with van der Waals surface area (Å²) in [6.07, 6.45) is 3.02. The van der Waals surface area contributed by atoms with Gasteiger partial charge in [-0.2, -0.15) is 0 Å². The Morgan fingerprint density at radius 2 is 1.88 bits per heavy atom. The molecule has 0 unspecified atom stereocenters. The largest absolute Gasteiger partial charge is 0.389 e. The number of β-amino-alcohol motifs (C(OH)–C–C–N with tert-alkyl or cyclic N) is 1. The van der Waals surface area contributed by atoms with Crippen molar-refractivity contribution in [2.45, 2.75) is 49.6 Å². The zero-order chi connectivity index (χ0) is 18.2. The third kappa shape index (κ3) is 3.94. The van der Waals surface area contributed by atoms with Crippen LogP contribution >= 0.6 is 0 Å². The van der Waals surface area contributed by atoms with Crippen molar-refractivity contribution < 1.29 is 18.4 Å². The summed E-state index contributed by atoms with van der Waals surface area (Å²) in [5, 5.41) is 20.7. The highest BCUT2D eigenvalue weighted by atomic mass is 32.2. The van der Waals surface area contributed by atoms with Gasteiger partial charge in [0.1, 0.15) is 5.69 Å². The molecule has 1 aromatic carbocycles. The molecular weight excluding hydrogens is 346 g/mol. The van der Waals surface area contributed by atoms with Crippen LogP contribution in [0.15, 0.2) is 23.1 Å². The lowest BCUT2D eigenvalue weighted by molar-refractivity contribution is -0.384. The third-order valence-electron chi connectivity index (χ3n) is 4.99. The molecule has 0 atom stereocenters. The maximum atomic E-state index is 12.6. The van der Waals surface area contributed by atoms with Gasteiger partial charge in [-0.1, -0.05) is 6.92 Å². The molecule has 9 heteroatoms. The molecule has 0 spiro atoms. The molecule has 8 nitrogen and oxygen atoms in total. The Labute approximate surface area is 147 Å². The predicted molar refractivity (Wildman–Crippen MR) is 93.1 cm³/mol. The first-order valence-electron chi connectivity index (χ1n) is 8.50. The highest BCUT2D eigenvalue weighted by Gasteiger charge is 2.32. The van der Waals surface area contributed by atoms with Gasteiger partial charge in [0.25, 0.3) is 5.69 Å². The summed E-state index contributed by atoms with van der Waals surface area (Å²) in [4.78, 5) is 12.3. The molecular formula is C16H23N3O5S. The summed E-state index contributed by atoms with van der Waals surface area (Å²) in [6, 6.07) is 3.82. The molecule has 1 aliphatic heterocycles. The van der Waals surface area contributed by atoms with E-state index >= 15 is 0 Å². The number of aliphatic hydroxyl groups excluding tert-OH is 1. The standard InChI is InChI=1S/C16H23N3O5S/c1-11-2-4-12(5-3-11)17-25(23,24)14-6-7-15(16(8-14)19(21)22)18-9-13(20)10-18/h6-8,11-13,17,20H,2-5,9-10H2,1H3. The molecule has 2 N–H and O–H groups in total. The molecule has 1 aromatic rings. The number of aliphatic hydroxyl groups is 1. The lowest BCUT2D eigenvalue weighted by atomic mass is 9.88. The minimum atomic E-state index is -3.80. The van der Waals surface area contributed by atoms with Crippen LogP contribution in [-0.2, 0) is 10.0 Å². The fraction of sp³-hybridized carbons (Fsp3) is 0.625. The first kappa shape index (κ1) is 18.1. The van der Waals surface area contributed by atoms with E-state index in [0.717, 1.165) is 31.7 Å². The zero-order valence-electron chi connectivity index (χ0n) is 14.1. The molecule has 0 amide bonds. The smallest absolute Gasteiger partial charge is 0.293 e. The average Bonchev–Trinajstić information content (AvgIpc) is 2.53. The van der Waals surface area contributed by atoms with E-state index in [4.69, 9.17) is 0 Å². The highest BCUT2D eigenvalue weighted by molar-refractivity contribution is 7.89. The number of nitro groups is 1. The molecule has 1 heterocycles. The van der Waals surface area contributed by atoms with Crippen molar-refractivity contribution >= 4 is 21.4 Å². The Morgan fingerprint density at radius 1 is 1.24 bits per heavy atom. The van der Waals surface area contributed by atoms with Crippen LogP contribution in [0, 0.1) is 16.0 Å². The minimum Gasteiger partial charge on any atom is -0.389 e. The van der Waals surface area contributed by atoms with Crippen LogP contribution in [0.3, 0.4) is 0 Å². The third-order valence-corrected chi connectivity index (χ3v) is 6.51. The summed E-state index contributed by atoms with van der Waals surface area (Å²) < 4.78 is 27.9. The lowest BCUT2D eigenvalue weighted by Crippen LogP contribution is -2.51. The van der Waals surface area contributed by atoms with E-state index in [1.54, 1.807) is 4.90 Å². The van der Waals surface area contributed by atoms with Crippen LogP contribution in [0.4, 0.5) is 11.4 Å². The molecule has 138 valence electrons. The summed E-state index contributed by atoms with van der Waals surface area (Å²) >= 11 is 0. The van der Waals surface area contributed by atoms with Crippen LogP contribution in [0.1, 0.15) is 32.6 Å². The second-order valence-electron chi connectivity index (χ2n) is 7.04. The molecule has 1 aliphatic carbocycles. The quantitative estimate of drug-likeness (QED) is 0.602. The fourth-order valence-electron chi connectivity index (χ4n) is 3.40. The van der Waals surface area contributed by atoms with Crippen LogP contribution in [0.5, 0.6) is 0 Å². The predicted octanol–water partition coefficient (Wildman–Crippen LogP) is 1.63. The second-order valence-corrected chi connectivity index (χ2v) is 8.76. The van der Waals surface area contributed by atoms with Crippen molar-refractivity contribution in [1.82, 2.24) is 4.72 Å². The van der Waals surface area contributed by atoms with Crippen LogP contribution < -0.4 is 9.62 Å². The van der Waals surface area contributed by atoms with E-state index in [1.165, 1.54) is 12.1 Å². The highest BCUT2D eigenvalue weighted by Crippen LogP contribution is 2.34. The van der Waals surface area contributed by atoms with E-state index in [9.17, 15) is 23.6 Å². The number of hydrogen-bond acceptors (Lipinski definition) is 6. The maximum Gasteiger partial charge on any atom is 0.293 e. The Hall–Kier alpha value is -1.71. The van der Waals surface area contributed by atoms with E-state index in [2.05, 4.69) is 11.6 Å². The second kappa shape index (κ2) is 6.89. The summed E-state index contributed by atoms with van der Waals surface area (Å²) in [6.45, 7) is 2.77. The van der Waals surface area contributed by atoms with Crippen molar-refractivity contribution in [3.8, 4) is 0 Å². The van der Waals surface area contributed by atoms with Gasteiger partial charge in [-0.15, -0.1) is 0 Å². The Morgan fingerprint density at radius 3 is 2.44 bits per heavy atom. The number of hydrogen-bond donors (Lipinski definition) is 2. The number of anilines is 1. The molecule has 25 heavy (non-hydrogen) atoms. The van der Waals surface area contributed by atoms with Gasteiger partial charge in [0.15, 0.2) is 0 Å². The molecule has 1 saturated carbocycles. The van der Waals surface area contributed by atoms with E-state index in [0.29, 0.717) is 24.7 Å². The minimum absolute atomic E-state index is 0.0948. The van der Waals surface area contributed by atoms with Gasteiger partial charge in [-0.3, -0.25) is 10.1 Å². The number of rotatable bonds is 5. The van der Waals surface area contributed by atoms with E-state index < -0.39 is 21.1 Å². The van der Waals surface area contributed by atoms with Crippen molar-refractivity contribution in [2.75, 3.05) is 18.0 Å². The van der Waals surface area contributed by atoms with Gasteiger partial charge in [-0.25, -0.2) is 13.1 Å². The fourth-order valence-corrected chi connectivity index (χ4v) is 4.73. The van der Waals surface area contributed by atoms with Gasteiger partial charge in [0.05, 0.1) is 15.9 Å². The number of benzene rings is 1. The maximum absolute atomic E-state index is 12.6. The molecule has 0 bridgehead atoms. The van der Waals surface area contributed by atoms with Crippen LogP contribution in [0.2, 0.25) is 0 Å². The molecule has 2 aliphatic rings. The molecule has 0 radical (unpaired) electrons. The van der Waals surface area contributed by atoms with Gasteiger partial charge < -0.3 is 10.0 Å². The Kier molecular flexibility index (Phi) is 4.99. The monoisotopic (exact) mass is 369 g/mol. The molecule has 0 aromatic heterocycles. The number of sulfonamides is 1. The average molecular weight is 369 g/mol. The summed E-state index contributed by atoms with van der Waals surface area (Å²) in [7, 11) is -3.80. The van der Waals surface area contributed by atoms with Gasteiger partial charge in [0.2, 0.25) is 10.0 Å². The van der Waals surface area contributed by atoms with E-state index in [-0.39, 0.29) is 16.6 Å². The number of nitrogens with zero attached hydrogens (tertiary/aromatic N) is 2. The van der Waals surface area contributed by atoms with Gasteiger partial charge in [0, 0.05) is 25.2 Å². The number of nitrogens with one attached hydrogen (secondary N) is 1. The van der Waals surface area contributed by atoms with Crippen LogP contribution in [-0.4, -0.2) is 43.7 Å². The van der Waals surface area contributed by atoms with Crippen molar-refractivity contribution in [3.05, 3.63) is 28.3 Å². The normalized spacial score (nSPS) is 24.8. The van der Waals surface area contributed by atoms with Gasteiger partial charge in [-0.05, 0) is 43.7 Å². The van der Waals surface area contributed by atoms with Gasteiger partial charge >= 0.3 is 0 Å². The Bertz CT molecular complexity index is 753. The molecule has 2 fully saturated rings. The molecule has 3 rings (SSSR count). The van der Waals surface area contributed by atoms with Crippen molar-refractivity contribution in [1.29, 1.82) is 0 Å². The zero-order valence-corrected chi connectivity index (χ0v) is 14.9. The number of nitro benzene ring substituents is 1. The first-order chi connectivity index (χ1) is 11.8. The molecule has 1 saturated heterocycles. The summed E-state index contributed by atoms with van der Waals surface area (Å²) in [5.41, 5.74) is 0.0767. The first-order valence-corrected chi connectivity index (χ1v) is 9.98. The lowest BCUT2D eigenvalue weighted by Gasteiger charge is -2.37. The topological polar surface area (TPSA) is 113 Å². The SMILES string of the molecule is CC1CCC(NS(=O)(=O)c2ccc(N3CC(O)C3)c([N+](=O)[O-])c2)CC1. The Balaban J connectivity index is 1.81. The van der Waals surface area contributed by atoms with Crippen molar-refractivity contribution in [2.24, 2.45) is 5.92 Å².